The summed E-state index contributed by atoms with van der Waals surface area (Å²) in [4.78, 5) is 2.77. The molecule has 1 saturated carbocycles. The van der Waals surface area contributed by atoms with Crippen molar-refractivity contribution in [3.63, 3.8) is 0 Å². The third kappa shape index (κ3) is 2.85. The molecule has 3 rings (SSSR count). The van der Waals surface area contributed by atoms with Gasteiger partial charge in [0.05, 0.1) is 0 Å². The number of nitrogens with zero attached hydrogens (tertiary/aromatic N) is 1. The lowest BCUT2D eigenvalue weighted by molar-refractivity contribution is 0.0741. The second-order valence-corrected chi connectivity index (χ2v) is 6.23. The van der Waals surface area contributed by atoms with Crippen LogP contribution in [0.5, 0.6) is 0 Å². The van der Waals surface area contributed by atoms with E-state index >= 15 is 0 Å². The summed E-state index contributed by atoms with van der Waals surface area (Å²) in [5, 5.41) is 3.77. The van der Waals surface area contributed by atoms with Gasteiger partial charge < -0.3 is 5.32 Å². The molecule has 1 saturated heterocycles. The van der Waals surface area contributed by atoms with Crippen molar-refractivity contribution in [1.82, 2.24) is 10.2 Å². The highest BCUT2D eigenvalue weighted by Crippen LogP contribution is 2.38. The predicted octanol–water partition coefficient (Wildman–Crippen LogP) is 3.21. The standard InChI is InChI=1S/C17H26N2/c1-3-13(2)19-12-16(14-7-5-4-6-8-14)18-11-17(19)15-9-10-15/h4-8,13,15-18H,3,9-12H2,1-2H3. The van der Waals surface area contributed by atoms with Crippen molar-refractivity contribution in [1.29, 1.82) is 0 Å². The van der Waals surface area contributed by atoms with Crippen molar-refractivity contribution in [3.05, 3.63) is 35.9 Å². The fourth-order valence-electron chi connectivity index (χ4n) is 3.36. The molecule has 0 radical (unpaired) electrons. The van der Waals surface area contributed by atoms with Crippen molar-refractivity contribution < 1.29 is 0 Å². The van der Waals surface area contributed by atoms with Gasteiger partial charge in [0.1, 0.15) is 0 Å². The minimum atomic E-state index is 0.505. The molecule has 1 aromatic carbocycles. The lowest BCUT2D eigenvalue weighted by Crippen LogP contribution is -2.56. The maximum absolute atomic E-state index is 3.77. The van der Waals surface area contributed by atoms with E-state index in [0.717, 1.165) is 18.5 Å². The zero-order chi connectivity index (χ0) is 13.2. The maximum Gasteiger partial charge on any atom is 0.0450 e. The highest BCUT2D eigenvalue weighted by Gasteiger charge is 2.40. The minimum Gasteiger partial charge on any atom is -0.307 e. The Morgan fingerprint density at radius 3 is 2.63 bits per heavy atom. The Morgan fingerprint density at radius 1 is 1.26 bits per heavy atom. The summed E-state index contributed by atoms with van der Waals surface area (Å²) in [5.74, 6) is 0.957. The molecule has 0 bridgehead atoms. The topological polar surface area (TPSA) is 15.3 Å². The molecule has 3 atom stereocenters. The summed E-state index contributed by atoms with van der Waals surface area (Å²) in [7, 11) is 0. The first-order valence-corrected chi connectivity index (χ1v) is 7.83. The van der Waals surface area contributed by atoms with Gasteiger partial charge in [-0.15, -0.1) is 0 Å². The zero-order valence-corrected chi connectivity index (χ0v) is 12.2. The SMILES string of the molecule is CCC(C)N1CC(c2ccccc2)NCC1C1CC1. The summed E-state index contributed by atoms with van der Waals surface area (Å²) in [6.45, 7) is 7.03. The molecule has 2 heteroatoms. The molecule has 2 fully saturated rings. The fraction of sp³-hybridized carbons (Fsp3) is 0.647. The number of hydrogen-bond acceptors (Lipinski definition) is 2. The maximum atomic E-state index is 3.77. The Morgan fingerprint density at radius 2 is 2.00 bits per heavy atom. The molecule has 1 aliphatic carbocycles. The first-order chi connectivity index (χ1) is 9.29. The van der Waals surface area contributed by atoms with E-state index in [1.807, 2.05) is 0 Å². The van der Waals surface area contributed by atoms with E-state index in [0.29, 0.717) is 12.1 Å². The van der Waals surface area contributed by atoms with Gasteiger partial charge in [-0.25, -0.2) is 0 Å². The molecule has 1 aliphatic heterocycles. The van der Waals surface area contributed by atoms with Gasteiger partial charge in [0, 0.05) is 31.2 Å². The summed E-state index contributed by atoms with van der Waals surface area (Å²) in [5.41, 5.74) is 1.44. The highest BCUT2D eigenvalue weighted by molar-refractivity contribution is 5.20. The van der Waals surface area contributed by atoms with Gasteiger partial charge in [-0.1, -0.05) is 37.3 Å². The number of hydrogen-bond donors (Lipinski definition) is 1. The van der Waals surface area contributed by atoms with Gasteiger partial charge in [0.25, 0.3) is 0 Å². The van der Waals surface area contributed by atoms with Gasteiger partial charge in [-0.3, -0.25) is 4.90 Å². The summed E-state index contributed by atoms with van der Waals surface area (Å²) in [6, 6.07) is 12.9. The smallest absolute Gasteiger partial charge is 0.0450 e. The monoisotopic (exact) mass is 258 g/mol. The van der Waals surface area contributed by atoms with Crippen molar-refractivity contribution in [2.45, 2.75) is 51.2 Å². The van der Waals surface area contributed by atoms with Crippen LogP contribution in [0.1, 0.15) is 44.7 Å². The largest absolute Gasteiger partial charge is 0.307 e. The first-order valence-electron chi connectivity index (χ1n) is 7.83. The quantitative estimate of drug-likeness (QED) is 0.892. The average Bonchev–Trinajstić information content (AvgIpc) is 3.31. The molecule has 19 heavy (non-hydrogen) atoms. The molecule has 0 amide bonds. The molecule has 1 N–H and O–H groups in total. The van der Waals surface area contributed by atoms with Crippen LogP contribution in [0.2, 0.25) is 0 Å². The predicted molar refractivity (Wildman–Crippen MR) is 80.2 cm³/mol. The first kappa shape index (κ1) is 13.1. The molecule has 0 aromatic heterocycles. The van der Waals surface area contributed by atoms with E-state index < -0.39 is 0 Å². The van der Waals surface area contributed by atoms with Gasteiger partial charge in [-0.05, 0) is 37.7 Å². The molecule has 1 aromatic rings. The zero-order valence-electron chi connectivity index (χ0n) is 12.2. The van der Waals surface area contributed by atoms with Crippen molar-refractivity contribution >= 4 is 0 Å². The van der Waals surface area contributed by atoms with E-state index in [1.54, 1.807) is 0 Å². The minimum absolute atomic E-state index is 0.505. The molecule has 2 nitrogen and oxygen atoms in total. The lowest BCUT2D eigenvalue weighted by atomic mass is 9.97. The van der Waals surface area contributed by atoms with Crippen LogP contribution in [0.4, 0.5) is 0 Å². The summed E-state index contributed by atoms with van der Waals surface area (Å²) in [6.07, 6.45) is 4.13. The average molecular weight is 258 g/mol. The second kappa shape index (κ2) is 5.64. The van der Waals surface area contributed by atoms with Crippen LogP contribution in [-0.2, 0) is 0 Å². The highest BCUT2D eigenvalue weighted by atomic mass is 15.3. The van der Waals surface area contributed by atoms with E-state index in [2.05, 4.69) is 54.4 Å². The molecule has 3 unspecified atom stereocenters. The summed E-state index contributed by atoms with van der Waals surface area (Å²) >= 11 is 0. The Balaban J connectivity index is 1.74. The van der Waals surface area contributed by atoms with E-state index in [1.165, 1.54) is 31.4 Å². The van der Waals surface area contributed by atoms with E-state index in [-0.39, 0.29) is 0 Å². The van der Waals surface area contributed by atoms with Gasteiger partial charge in [0.15, 0.2) is 0 Å². The van der Waals surface area contributed by atoms with Crippen molar-refractivity contribution in [2.24, 2.45) is 5.92 Å². The Bertz CT molecular complexity index is 399. The van der Waals surface area contributed by atoms with E-state index in [4.69, 9.17) is 0 Å². The molecule has 0 spiro atoms. The van der Waals surface area contributed by atoms with Crippen molar-refractivity contribution in [3.8, 4) is 0 Å². The summed E-state index contributed by atoms with van der Waals surface area (Å²) < 4.78 is 0. The number of nitrogens with one attached hydrogen (secondary N) is 1. The van der Waals surface area contributed by atoms with Crippen LogP contribution in [0.3, 0.4) is 0 Å². The number of benzene rings is 1. The van der Waals surface area contributed by atoms with Crippen LogP contribution in [-0.4, -0.2) is 30.1 Å². The molecular weight excluding hydrogens is 232 g/mol. The number of piperazine rings is 1. The molecular formula is C17H26N2. The lowest BCUT2D eigenvalue weighted by Gasteiger charge is -2.44. The third-order valence-corrected chi connectivity index (χ3v) is 4.92. The van der Waals surface area contributed by atoms with E-state index in [9.17, 15) is 0 Å². The van der Waals surface area contributed by atoms with Crippen LogP contribution >= 0.6 is 0 Å². The third-order valence-electron chi connectivity index (χ3n) is 4.92. The fourth-order valence-corrected chi connectivity index (χ4v) is 3.36. The van der Waals surface area contributed by atoms with Gasteiger partial charge in [0.2, 0.25) is 0 Å². The van der Waals surface area contributed by atoms with Crippen molar-refractivity contribution in [2.75, 3.05) is 13.1 Å². The molecule has 104 valence electrons. The van der Waals surface area contributed by atoms with Gasteiger partial charge in [-0.2, -0.15) is 0 Å². The molecule has 1 heterocycles. The van der Waals surface area contributed by atoms with Gasteiger partial charge >= 0.3 is 0 Å². The number of rotatable bonds is 4. The Labute approximate surface area is 117 Å². The molecule has 2 aliphatic rings. The second-order valence-electron chi connectivity index (χ2n) is 6.23. The Kier molecular flexibility index (Phi) is 3.90. The van der Waals surface area contributed by atoms with Crippen LogP contribution < -0.4 is 5.32 Å². The Hall–Kier alpha value is -0.860. The normalized spacial score (nSPS) is 30.2. The van der Waals surface area contributed by atoms with Crippen LogP contribution in [0, 0.1) is 5.92 Å². The van der Waals surface area contributed by atoms with Crippen LogP contribution in [0.15, 0.2) is 30.3 Å². The van der Waals surface area contributed by atoms with Crippen LogP contribution in [0.25, 0.3) is 0 Å².